The molecule has 3 aromatic rings. The predicted octanol–water partition coefficient (Wildman–Crippen LogP) is 4.46. The van der Waals surface area contributed by atoms with Crippen LogP contribution in [0.25, 0.3) is 10.9 Å². The molecule has 0 spiro atoms. The molecule has 1 unspecified atom stereocenters. The second kappa shape index (κ2) is 6.96. The minimum atomic E-state index is -0.288. The fourth-order valence-electron chi connectivity index (χ4n) is 4.12. The number of carbonyl (C=O) groups is 1. The number of aromatic amines is 1. The van der Waals surface area contributed by atoms with Crippen LogP contribution in [0.4, 0.5) is 0 Å². The van der Waals surface area contributed by atoms with Gasteiger partial charge in [0.25, 0.3) is 0 Å². The van der Waals surface area contributed by atoms with Gasteiger partial charge in [-0.1, -0.05) is 37.3 Å². The topological polar surface area (TPSA) is 45.3 Å². The van der Waals surface area contributed by atoms with E-state index in [0.29, 0.717) is 11.6 Å². The summed E-state index contributed by atoms with van der Waals surface area (Å²) in [5.41, 5.74) is 5.90. The second-order valence-electron chi connectivity index (χ2n) is 6.90. The van der Waals surface area contributed by atoms with Gasteiger partial charge in [-0.25, -0.2) is 4.79 Å². The highest BCUT2D eigenvalue weighted by atomic mass is 16.5. The van der Waals surface area contributed by atoms with Gasteiger partial charge >= 0.3 is 5.97 Å². The number of nitrogens with zero attached hydrogens (tertiary/aromatic N) is 1. The van der Waals surface area contributed by atoms with Crippen molar-refractivity contribution in [1.82, 2.24) is 9.88 Å². The highest BCUT2D eigenvalue weighted by Crippen LogP contribution is 2.36. The number of para-hydroxylation sites is 1. The smallest absolute Gasteiger partial charge is 0.337 e. The quantitative estimate of drug-likeness (QED) is 0.708. The van der Waals surface area contributed by atoms with Gasteiger partial charge in [0.05, 0.1) is 18.7 Å². The normalized spacial score (nSPS) is 17.2. The summed E-state index contributed by atoms with van der Waals surface area (Å²) in [6.45, 7) is 4.18. The SMILES string of the molecule is CCC1c2[nH]c3ccccc3c2CCN1Cc1ccc(C(=O)OC)cc1. The Hall–Kier alpha value is -2.59. The van der Waals surface area contributed by atoms with Crippen LogP contribution in [-0.4, -0.2) is 29.5 Å². The Kier molecular flexibility index (Phi) is 4.51. The molecule has 0 bridgehead atoms. The van der Waals surface area contributed by atoms with E-state index in [1.54, 1.807) is 0 Å². The largest absolute Gasteiger partial charge is 0.465 e. The number of hydrogen-bond acceptors (Lipinski definition) is 3. The van der Waals surface area contributed by atoms with Crippen LogP contribution in [0.3, 0.4) is 0 Å². The van der Waals surface area contributed by atoms with Crippen molar-refractivity contribution in [2.45, 2.75) is 32.4 Å². The minimum absolute atomic E-state index is 0.288. The molecule has 1 aromatic heterocycles. The first-order valence-corrected chi connectivity index (χ1v) is 9.22. The van der Waals surface area contributed by atoms with Gasteiger partial charge < -0.3 is 9.72 Å². The van der Waals surface area contributed by atoms with E-state index in [-0.39, 0.29) is 5.97 Å². The van der Waals surface area contributed by atoms with E-state index in [4.69, 9.17) is 4.74 Å². The fourth-order valence-corrected chi connectivity index (χ4v) is 4.12. The van der Waals surface area contributed by atoms with Crippen LogP contribution < -0.4 is 0 Å². The van der Waals surface area contributed by atoms with Crippen molar-refractivity contribution < 1.29 is 9.53 Å². The predicted molar refractivity (Wildman–Crippen MR) is 103 cm³/mol. The number of methoxy groups -OCH3 is 1. The number of carbonyl (C=O) groups excluding carboxylic acids is 1. The Morgan fingerprint density at radius 3 is 2.69 bits per heavy atom. The first-order chi connectivity index (χ1) is 12.7. The first kappa shape index (κ1) is 16.9. The average Bonchev–Trinajstić information content (AvgIpc) is 3.06. The van der Waals surface area contributed by atoms with E-state index in [1.165, 1.54) is 34.8 Å². The molecule has 2 heterocycles. The summed E-state index contributed by atoms with van der Waals surface area (Å²) in [6, 6.07) is 16.7. The van der Waals surface area contributed by atoms with E-state index < -0.39 is 0 Å². The molecule has 26 heavy (non-hydrogen) atoms. The van der Waals surface area contributed by atoms with Gasteiger partial charge in [0.15, 0.2) is 0 Å². The van der Waals surface area contributed by atoms with Crippen LogP contribution in [0, 0.1) is 0 Å². The molecule has 0 fully saturated rings. The molecule has 4 heteroatoms. The lowest BCUT2D eigenvalue weighted by atomic mass is 9.95. The number of hydrogen-bond donors (Lipinski definition) is 1. The zero-order chi connectivity index (χ0) is 18.1. The molecular weight excluding hydrogens is 324 g/mol. The number of aromatic nitrogens is 1. The van der Waals surface area contributed by atoms with Gasteiger partial charge in [0.2, 0.25) is 0 Å². The van der Waals surface area contributed by atoms with Crippen LogP contribution in [0.15, 0.2) is 48.5 Å². The van der Waals surface area contributed by atoms with E-state index in [2.05, 4.69) is 41.1 Å². The molecule has 0 radical (unpaired) electrons. The molecule has 4 nitrogen and oxygen atoms in total. The number of ether oxygens (including phenoxy) is 1. The summed E-state index contributed by atoms with van der Waals surface area (Å²) in [7, 11) is 1.41. The molecular formula is C22H24N2O2. The molecule has 1 aliphatic heterocycles. The molecule has 134 valence electrons. The molecule has 1 N–H and O–H groups in total. The minimum Gasteiger partial charge on any atom is -0.465 e. The maximum atomic E-state index is 11.6. The summed E-state index contributed by atoms with van der Waals surface area (Å²) < 4.78 is 4.77. The molecule has 1 aliphatic rings. The summed E-state index contributed by atoms with van der Waals surface area (Å²) in [6.07, 6.45) is 2.14. The summed E-state index contributed by atoms with van der Waals surface area (Å²) in [4.78, 5) is 17.8. The van der Waals surface area contributed by atoms with Gasteiger partial charge in [-0.3, -0.25) is 4.90 Å². The van der Waals surface area contributed by atoms with Crippen molar-refractivity contribution in [3.8, 4) is 0 Å². The average molecular weight is 348 g/mol. The van der Waals surface area contributed by atoms with Gasteiger partial charge in [-0.2, -0.15) is 0 Å². The monoisotopic (exact) mass is 348 g/mol. The Morgan fingerprint density at radius 1 is 1.19 bits per heavy atom. The van der Waals surface area contributed by atoms with Crippen molar-refractivity contribution in [1.29, 1.82) is 0 Å². The van der Waals surface area contributed by atoms with E-state index in [0.717, 1.165) is 25.9 Å². The van der Waals surface area contributed by atoms with Gasteiger partial charge in [0.1, 0.15) is 0 Å². The van der Waals surface area contributed by atoms with Crippen molar-refractivity contribution in [2.24, 2.45) is 0 Å². The number of benzene rings is 2. The molecule has 0 amide bonds. The highest BCUT2D eigenvalue weighted by Gasteiger charge is 2.29. The third-order valence-electron chi connectivity index (χ3n) is 5.42. The number of fused-ring (bicyclic) bond motifs is 3. The summed E-state index contributed by atoms with van der Waals surface area (Å²) in [5.74, 6) is -0.288. The Morgan fingerprint density at radius 2 is 1.96 bits per heavy atom. The van der Waals surface area contributed by atoms with Crippen molar-refractivity contribution in [3.63, 3.8) is 0 Å². The van der Waals surface area contributed by atoms with Crippen LogP contribution >= 0.6 is 0 Å². The molecule has 0 saturated carbocycles. The van der Waals surface area contributed by atoms with Crippen LogP contribution in [-0.2, 0) is 17.7 Å². The second-order valence-corrected chi connectivity index (χ2v) is 6.90. The highest BCUT2D eigenvalue weighted by molar-refractivity contribution is 5.89. The third-order valence-corrected chi connectivity index (χ3v) is 5.42. The van der Waals surface area contributed by atoms with Crippen LogP contribution in [0.1, 0.15) is 46.6 Å². The fraction of sp³-hybridized carbons (Fsp3) is 0.318. The molecule has 4 rings (SSSR count). The Bertz CT molecular complexity index is 927. The van der Waals surface area contributed by atoms with E-state index in [1.807, 2.05) is 24.3 Å². The van der Waals surface area contributed by atoms with Gasteiger partial charge in [-0.15, -0.1) is 0 Å². The van der Waals surface area contributed by atoms with Crippen molar-refractivity contribution >= 4 is 16.9 Å². The van der Waals surface area contributed by atoms with Crippen molar-refractivity contribution in [3.05, 3.63) is 70.9 Å². The summed E-state index contributed by atoms with van der Waals surface area (Å²) in [5, 5.41) is 1.36. The van der Waals surface area contributed by atoms with E-state index in [9.17, 15) is 4.79 Å². The standard InChI is InChI=1S/C22H24N2O2/c1-3-20-21-18(17-6-4-5-7-19(17)23-21)12-13-24(20)14-15-8-10-16(11-9-15)22(25)26-2/h4-11,20,23H,3,12-14H2,1-2H3. The lowest BCUT2D eigenvalue weighted by molar-refractivity contribution is 0.0600. The molecule has 1 atom stereocenters. The van der Waals surface area contributed by atoms with Crippen LogP contribution in [0.2, 0.25) is 0 Å². The van der Waals surface area contributed by atoms with Crippen molar-refractivity contribution in [2.75, 3.05) is 13.7 Å². The maximum absolute atomic E-state index is 11.6. The Balaban J connectivity index is 1.59. The lowest BCUT2D eigenvalue weighted by Gasteiger charge is -2.35. The zero-order valence-corrected chi connectivity index (χ0v) is 15.3. The first-order valence-electron chi connectivity index (χ1n) is 9.22. The number of rotatable bonds is 4. The number of H-pyrrole nitrogens is 1. The summed E-state index contributed by atoms with van der Waals surface area (Å²) >= 11 is 0. The number of esters is 1. The number of nitrogens with one attached hydrogen (secondary N) is 1. The van der Waals surface area contributed by atoms with Crippen LogP contribution in [0.5, 0.6) is 0 Å². The zero-order valence-electron chi connectivity index (χ0n) is 15.3. The van der Waals surface area contributed by atoms with E-state index >= 15 is 0 Å². The molecule has 0 aliphatic carbocycles. The third kappa shape index (κ3) is 2.90. The maximum Gasteiger partial charge on any atom is 0.337 e. The molecule has 2 aromatic carbocycles. The lowest BCUT2D eigenvalue weighted by Crippen LogP contribution is -2.34. The van der Waals surface area contributed by atoms with Gasteiger partial charge in [0, 0.05) is 29.7 Å². The Labute approximate surface area is 153 Å². The van der Waals surface area contributed by atoms with Gasteiger partial charge in [-0.05, 0) is 42.2 Å². The molecule has 0 saturated heterocycles.